The van der Waals surface area contributed by atoms with Crippen LogP contribution in [0, 0.1) is 5.92 Å². The summed E-state index contributed by atoms with van der Waals surface area (Å²) in [6.45, 7) is 0.843. The highest BCUT2D eigenvalue weighted by atomic mass is 16.5. The van der Waals surface area contributed by atoms with E-state index in [0.717, 1.165) is 24.7 Å². The summed E-state index contributed by atoms with van der Waals surface area (Å²) in [7, 11) is 0. The van der Waals surface area contributed by atoms with E-state index in [4.69, 9.17) is 16.3 Å². The summed E-state index contributed by atoms with van der Waals surface area (Å²) in [6.07, 6.45) is 8.23. The second kappa shape index (κ2) is 7.78. The van der Waals surface area contributed by atoms with Crippen molar-refractivity contribution in [2.24, 2.45) is 22.6 Å². The first-order valence-corrected chi connectivity index (χ1v) is 7.52. The first kappa shape index (κ1) is 14.7. The third-order valence-corrected chi connectivity index (χ3v) is 3.94. The van der Waals surface area contributed by atoms with Gasteiger partial charge in [0.15, 0.2) is 0 Å². The van der Waals surface area contributed by atoms with Gasteiger partial charge in [0.1, 0.15) is 11.6 Å². The van der Waals surface area contributed by atoms with Crippen molar-refractivity contribution in [3.05, 3.63) is 29.8 Å². The van der Waals surface area contributed by atoms with Gasteiger partial charge < -0.3 is 16.3 Å². The maximum absolute atomic E-state index is 5.93. The maximum Gasteiger partial charge on any atom is 0.119 e. The molecule has 1 aromatic rings. The molecule has 0 radical (unpaired) electrons. The lowest BCUT2D eigenvalue weighted by Gasteiger charge is -2.21. The van der Waals surface area contributed by atoms with E-state index in [1.807, 2.05) is 12.1 Å². The fourth-order valence-corrected chi connectivity index (χ4v) is 2.70. The van der Waals surface area contributed by atoms with Crippen LogP contribution >= 0.6 is 0 Å². The Hall–Kier alpha value is -1.71. The van der Waals surface area contributed by atoms with Crippen molar-refractivity contribution in [1.82, 2.24) is 0 Å². The number of amidine groups is 1. The molecule has 0 amide bonds. The third-order valence-electron chi connectivity index (χ3n) is 3.94. The van der Waals surface area contributed by atoms with Crippen molar-refractivity contribution in [2.45, 2.75) is 44.9 Å². The molecule has 0 aliphatic heterocycles. The molecule has 0 aromatic heterocycles. The number of ether oxygens (including phenoxy) is 1. The van der Waals surface area contributed by atoms with Crippen LogP contribution < -0.4 is 16.3 Å². The van der Waals surface area contributed by atoms with Crippen molar-refractivity contribution in [2.75, 3.05) is 6.61 Å². The standard InChI is InChI=1S/C16H25N3O/c17-16(19-18)10-9-13-7-4-8-15(11-13)20-12-14-5-2-1-3-6-14/h4,7-8,11,14H,1-3,5-6,9-10,12,18H2,(H2,17,19). The van der Waals surface area contributed by atoms with E-state index < -0.39 is 0 Å². The van der Waals surface area contributed by atoms with E-state index in [1.165, 1.54) is 37.7 Å². The van der Waals surface area contributed by atoms with Gasteiger partial charge >= 0.3 is 0 Å². The van der Waals surface area contributed by atoms with E-state index >= 15 is 0 Å². The molecule has 20 heavy (non-hydrogen) atoms. The van der Waals surface area contributed by atoms with Crippen LogP contribution in [0.15, 0.2) is 29.4 Å². The molecule has 1 saturated carbocycles. The van der Waals surface area contributed by atoms with Gasteiger partial charge in [-0.1, -0.05) is 31.4 Å². The molecule has 0 atom stereocenters. The molecule has 4 nitrogen and oxygen atoms in total. The summed E-state index contributed by atoms with van der Waals surface area (Å²) >= 11 is 0. The number of nitrogens with zero attached hydrogens (tertiary/aromatic N) is 1. The van der Waals surface area contributed by atoms with Crippen LogP contribution in [0.4, 0.5) is 0 Å². The highest BCUT2D eigenvalue weighted by Gasteiger charge is 2.13. The van der Waals surface area contributed by atoms with Gasteiger partial charge in [-0.25, -0.2) is 0 Å². The summed E-state index contributed by atoms with van der Waals surface area (Å²) in [5.74, 6) is 7.30. The summed E-state index contributed by atoms with van der Waals surface area (Å²) < 4.78 is 5.93. The second-order valence-electron chi connectivity index (χ2n) is 5.58. The van der Waals surface area contributed by atoms with Crippen LogP contribution in [-0.4, -0.2) is 12.4 Å². The molecule has 110 valence electrons. The first-order chi connectivity index (χ1) is 9.78. The van der Waals surface area contributed by atoms with Crippen LogP contribution in [0.2, 0.25) is 0 Å². The van der Waals surface area contributed by atoms with E-state index in [2.05, 4.69) is 17.2 Å². The molecule has 0 unspecified atom stereocenters. The lowest BCUT2D eigenvalue weighted by Crippen LogP contribution is -2.15. The van der Waals surface area contributed by atoms with Crippen LogP contribution in [0.5, 0.6) is 5.75 Å². The van der Waals surface area contributed by atoms with Gasteiger partial charge in [0.25, 0.3) is 0 Å². The quantitative estimate of drug-likeness (QED) is 0.363. The molecule has 1 aromatic carbocycles. The normalized spacial score (nSPS) is 17.1. The highest BCUT2D eigenvalue weighted by molar-refractivity contribution is 5.80. The number of rotatable bonds is 6. The van der Waals surface area contributed by atoms with Crippen LogP contribution in [0.1, 0.15) is 44.1 Å². The van der Waals surface area contributed by atoms with Gasteiger partial charge in [-0.15, -0.1) is 0 Å². The second-order valence-corrected chi connectivity index (χ2v) is 5.58. The minimum absolute atomic E-state index is 0.485. The Balaban J connectivity index is 1.82. The Bertz CT molecular complexity index is 439. The van der Waals surface area contributed by atoms with E-state index in [-0.39, 0.29) is 0 Å². The summed E-state index contributed by atoms with van der Waals surface area (Å²) in [5.41, 5.74) is 6.82. The molecule has 2 rings (SSSR count). The number of hydrogen-bond donors (Lipinski definition) is 2. The number of nitrogens with two attached hydrogens (primary N) is 2. The molecule has 4 heteroatoms. The zero-order valence-electron chi connectivity index (χ0n) is 12.1. The van der Waals surface area contributed by atoms with Gasteiger partial charge in [-0.05, 0) is 42.9 Å². The monoisotopic (exact) mass is 275 g/mol. The number of benzene rings is 1. The predicted octanol–water partition coefficient (Wildman–Crippen LogP) is 2.81. The molecular formula is C16H25N3O. The van der Waals surface area contributed by atoms with Crippen molar-refractivity contribution in [1.29, 1.82) is 0 Å². The summed E-state index contributed by atoms with van der Waals surface area (Å²) in [5, 5.41) is 3.49. The first-order valence-electron chi connectivity index (χ1n) is 7.52. The third kappa shape index (κ3) is 4.76. The largest absolute Gasteiger partial charge is 0.493 e. The average molecular weight is 275 g/mol. The number of aryl methyl sites for hydroxylation is 1. The Morgan fingerprint density at radius 1 is 1.25 bits per heavy atom. The smallest absolute Gasteiger partial charge is 0.119 e. The minimum atomic E-state index is 0.485. The lowest BCUT2D eigenvalue weighted by molar-refractivity contribution is 0.208. The molecule has 1 aliphatic carbocycles. The fraction of sp³-hybridized carbons (Fsp3) is 0.562. The lowest BCUT2D eigenvalue weighted by atomic mass is 9.90. The Morgan fingerprint density at radius 3 is 2.80 bits per heavy atom. The van der Waals surface area contributed by atoms with Gasteiger partial charge in [0.05, 0.1) is 6.61 Å². The zero-order valence-corrected chi connectivity index (χ0v) is 12.1. The van der Waals surface area contributed by atoms with Crippen molar-refractivity contribution in [3.8, 4) is 5.75 Å². The van der Waals surface area contributed by atoms with Gasteiger partial charge in [0, 0.05) is 6.42 Å². The summed E-state index contributed by atoms with van der Waals surface area (Å²) in [6, 6.07) is 8.22. The number of hydrazone groups is 1. The van der Waals surface area contributed by atoms with Crippen molar-refractivity contribution < 1.29 is 4.74 Å². The van der Waals surface area contributed by atoms with Gasteiger partial charge in [-0.3, -0.25) is 0 Å². The van der Waals surface area contributed by atoms with E-state index in [1.54, 1.807) is 0 Å². The molecule has 0 spiro atoms. The Morgan fingerprint density at radius 2 is 2.05 bits per heavy atom. The van der Waals surface area contributed by atoms with Gasteiger partial charge in [0.2, 0.25) is 0 Å². The number of hydrogen-bond acceptors (Lipinski definition) is 3. The maximum atomic E-state index is 5.93. The molecule has 1 aliphatic rings. The van der Waals surface area contributed by atoms with Crippen molar-refractivity contribution in [3.63, 3.8) is 0 Å². The molecule has 4 N–H and O–H groups in total. The average Bonchev–Trinajstić information content (AvgIpc) is 2.52. The predicted molar refractivity (Wildman–Crippen MR) is 82.6 cm³/mol. The zero-order chi connectivity index (χ0) is 14.2. The molecule has 0 bridgehead atoms. The topological polar surface area (TPSA) is 73.6 Å². The summed E-state index contributed by atoms with van der Waals surface area (Å²) in [4.78, 5) is 0. The molecule has 1 fully saturated rings. The fourth-order valence-electron chi connectivity index (χ4n) is 2.70. The SMILES string of the molecule is NN=C(N)CCc1cccc(OCC2CCCCC2)c1. The Labute approximate surface area is 121 Å². The highest BCUT2D eigenvalue weighted by Crippen LogP contribution is 2.25. The minimum Gasteiger partial charge on any atom is -0.493 e. The molecule has 0 heterocycles. The van der Waals surface area contributed by atoms with E-state index in [9.17, 15) is 0 Å². The van der Waals surface area contributed by atoms with E-state index in [0.29, 0.717) is 12.3 Å². The van der Waals surface area contributed by atoms with Crippen LogP contribution in [0.3, 0.4) is 0 Å². The molecule has 0 saturated heterocycles. The van der Waals surface area contributed by atoms with Crippen molar-refractivity contribution >= 4 is 5.84 Å². The Kier molecular flexibility index (Phi) is 5.71. The van der Waals surface area contributed by atoms with Crippen LogP contribution in [0.25, 0.3) is 0 Å². The van der Waals surface area contributed by atoms with Crippen LogP contribution in [-0.2, 0) is 6.42 Å². The molecular weight excluding hydrogens is 250 g/mol. The van der Waals surface area contributed by atoms with Gasteiger partial charge in [-0.2, -0.15) is 5.10 Å².